The standard InChI is InChI=1S/C41H51F3O4/c1-3-5-7-9-10-11-12-13-14-16-32-18-23-34(24-19-32)35-25-27-36(28-26-35)40(46)47-37-29-20-33(21-30-37)22-31-39(45)48-38(41(42,43)44)17-15-8-6-4-2/h18-31,38H,3-17H2,1-2H3/t38-/m1/s1. The van der Waals surface area contributed by atoms with E-state index < -0.39 is 24.2 Å². The van der Waals surface area contributed by atoms with Crippen molar-refractivity contribution >= 4 is 18.0 Å². The number of unbranched alkanes of at least 4 members (excludes halogenated alkanes) is 11. The minimum atomic E-state index is -4.61. The summed E-state index contributed by atoms with van der Waals surface area (Å²) in [6.07, 6.45) is 11.1. The largest absolute Gasteiger partial charge is 0.450 e. The van der Waals surface area contributed by atoms with Gasteiger partial charge in [-0.15, -0.1) is 0 Å². The van der Waals surface area contributed by atoms with Crippen LogP contribution in [0.5, 0.6) is 5.75 Å². The van der Waals surface area contributed by atoms with Gasteiger partial charge in [0.2, 0.25) is 0 Å². The van der Waals surface area contributed by atoms with Crippen LogP contribution in [0.25, 0.3) is 17.2 Å². The van der Waals surface area contributed by atoms with Gasteiger partial charge in [0.1, 0.15) is 5.75 Å². The van der Waals surface area contributed by atoms with Gasteiger partial charge in [0.05, 0.1) is 5.56 Å². The average Bonchev–Trinajstić information content (AvgIpc) is 3.08. The Balaban J connectivity index is 1.43. The number of hydrogen-bond acceptors (Lipinski definition) is 4. The molecule has 0 heterocycles. The maximum absolute atomic E-state index is 13.3. The van der Waals surface area contributed by atoms with Crippen LogP contribution in [0.1, 0.15) is 125 Å². The quantitative estimate of drug-likeness (QED) is 0.0492. The van der Waals surface area contributed by atoms with Gasteiger partial charge in [-0.05, 0) is 78.3 Å². The third-order valence-electron chi connectivity index (χ3n) is 8.42. The minimum absolute atomic E-state index is 0.252. The lowest BCUT2D eigenvalue weighted by Crippen LogP contribution is -2.33. The van der Waals surface area contributed by atoms with Crippen molar-refractivity contribution in [2.45, 2.75) is 122 Å². The zero-order chi connectivity index (χ0) is 34.6. The Labute approximate surface area is 284 Å². The predicted octanol–water partition coefficient (Wildman–Crippen LogP) is 12.1. The first kappa shape index (κ1) is 38.6. The molecule has 0 aromatic heterocycles. The summed E-state index contributed by atoms with van der Waals surface area (Å²) in [7, 11) is 0. The lowest BCUT2D eigenvalue weighted by molar-refractivity contribution is -0.220. The molecule has 48 heavy (non-hydrogen) atoms. The highest BCUT2D eigenvalue weighted by atomic mass is 19.4. The molecule has 4 nitrogen and oxygen atoms in total. The first-order valence-electron chi connectivity index (χ1n) is 17.7. The fourth-order valence-corrected chi connectivity index (χ4v) is 5.51. The van der Waals surface area contributed by atoms with Crippen molar-refractivity contribution in [3.8, 4) is 16.9 Å². The summed E-state index contributed by atoms with van der Waals surface area (Å²) in [6.45, 7) is 4.22. The van der Waals surface area contributed by atoms with Gasteiger partial charge >= 0.3 is 18.1 Å². The number of alkyl halides is 3. The van der Waals surface area contributed by atoms with Crippen molar-refractivity contribution in [3.05, 3.63) is 95.6 Å². The molecule has 0 saturated heterocycles. The maximum atomic E-state index is 13.3. The van der Waals surface area contributed by atoms with E-state index in [1.807, 2.05) is 19.1 Å². The van der Waals surface area contributed by atoms with Crippen molar-refractivity contribution in [2.24, 2.45) is 0 Å². The molecule has 0 fully saturated rings. The third-order valence-corrected chi connectivity index (χ3v) is 8.42. The molecule has 0 aliphatic carbocycles. The Hall–Kier alpha value is -3.87. The second-order valence-corrected chi connectivity index (χ2v) is 12.5. The van der Waals surface area contributed by atoms with Crippen molar-refractivity contribution in [3.63, 3.8) is 0 Å². The summed E-state index contributed by atoms with van der Waals surface area (Å²) >= 11 is 0. The van der Waals surface area contributed by atoms with Crippen LogP contribution >= 0.6 is 0 Å². The number of aryl methyl sites for hydroxylation is 1. The van der Waals surface area contributed by atoms with Crippen LogP contribution in [0.3, 0.4) is 0 Å². The van der Waals surface area contributed by atoms with E-state index in [-0.39, 0.29) is 6.42 Å². The molecule has 3 rings (SSSR count). The first-order valence-corrected chi connectivity index (χ1v) is 17.7. The van der Waals surface area contributed by atoms with Crippen molar-refractivity contribution in [1.29, 1.82) is 0 Å². The Bertz CT molecular complexity index is 1380. The van der Waals surface area contributed by atoms with Gasteiger partial charge in [-0.3, -0.25) is 0 Å². The predicted molar refractivity (Wildman–Crippen MR) is 188 cm³/mol. The van der Waals surface area contributed by atoms with Crippen LogP contribution in [0.2, 0.25) is 0 Å². The monoisotopic (exact) mass is 664 g/mol. The summed E-state index contributed by atoms with van der Waals surface area (Å²) in [6, 6.07) is 22.2. The van der Waals surface area contributed by atoms with Crippen LogP contribution in [0, 0.1) is 0 Å². The Kier molecular flexibility index (Phi) is 17.0. The van der Waals surface area contributed by atoms with Gasteiger partial charge in [-0.2, -0.15) is 13.2 Å². The minimum Gasteiger partial charge on any atom is -0.450 e. The highest BCUT2D eigenvalue weighted by Gasteiger charge is 2.42. The van der Waals surface area contributed by atoms with Crippen molar-refractivity contribution < 1.29 is 32.2 Å². The molecule has 0 saturated carbocycles. The molecule has 1 atom stereocenters. The molecule has 7 heteroatoms. The van der Waals surface area contributed by atoms with Crippen LogP contribution in [-0.2, 0) is 16.0 Å². The second kappa shape index (κ2) is 21.2. The summed E-state index contributed by atoms with van der Waals surface area (Å²) in [5.74, 6) is -1.27. The number of ether oxygens (including phenoxy) is 2. The van der Waals surface area contributed by atoms with Crippen LogP contribution in [0.15, 0.2) is 78.9 Å². The van der Waals surface area contributed by atoms with Gasteiger partial charge in [-0.25, -0.2) is 9.59 Å². The van der Waals surface area contributed by atoms with Gasteiger partial charge in [-0.1, -0.05) is 133 Å². The summed E-state index contributed by atoms with van der Waals surface area (Å²) < 4.78 is 50.0. The van der Waals surface area contributed by atoms with E-state index in [1.54, 1.807) is 36.4 Å². The molecule has 0 aliphatic heterocycles. The zero-order valence-corrected chi connectivity index (χ0v) is 28.5. The molecule has 0 aliphatic rings. The first-order chi connectivity index (χ1) is 23.2. The summed E-state index contributed by atoms with van der Waals surface area (Å²) in [5.41, 5.74) is 4.38. The molecule has 260 valence electrons. The molecule has 0 radical (unpaired) electrons. The lowest BCUT2D eigenvalue weighted by atomic mass is 10.00. The zero-order valence-electron chi connectivity index (χ0n) is 28.5. The van der Waals surface area contributed by atoms with Gasteiger partial charge < -0.3 is 9.47 Å². The molecule has 3 aromatic rings. The SMILES string of the molecule is CCCCCCCCCCCc1ccc(-c2ccc(C(=O)Oc3ccc(C=CC(=O)O[C@H](CCCCCC)C(F)(F)F)cc3)cc2)cc1. The highest BCUT2D eigenvalue weighted by Crippen LogP contribution is 2.28. The normalized spacial score (nSPS) is 12.3. The molecule has 0 amide bonds. The Morgan fingerprint density at radius 3 is 1.75 bits per heavy atom. The molecule has 0 unspecified atom stereocenters. The second-order valence-electron chi connectivity index (χ2n) is 12.5. The molecule has 0 bridgehead atoms. The smallest absolute Gasteiger partial charge is 0.425 e. The maximum Gasteiger partial charge on any atom is 0.425 e. The van der Waals surface area contributed by atoms with Gasteiger partial charge in [0, 0.05) is 6.08 Å². The summed E-state index contributed by atoms with van der Waals surface area (Å²) in [4.78, 5) is 24.8. The van der Waals surface area contributed by atoms with Crippen LogP contribution in [0.4, 0.5) is 13.2 Å². The van der Waals surface area contributed by atoms with E-state index in [9.17, 15) is 22.8 Å². The van der Waals surface area contributed by atoms with Gasteiger partial charge in [0.25, 0.3) is 0 Å². The number of carbonyl (C=O) groups excluding carboxylic acids is 2. The molecular formula is C41H51F3O4. The number of esters is 2. The molecule has 3 aromatic carbocycles. The van der Waals surface area contributed by atoms with E-state index in [1.165, 1.54) is 69.4 Å². The molecule has 0 spiro atoms. The fourth-order valence-electron chi connectivity index (χ4n) is 5.51. The van der Waals surface area contributed by atoms with Gasteiger partial charge in [0.15, 0.2) is 6.10 Å². The lowest BCUT2D eigenvalue weighted by Gasteiger charge is -2.19. The van der Waals surface area contributed by atoms with Crippen molar-refractivity contribution in [2.75, 3.05) is 0 Å². The van der Waals surface area contributed by atoms with E-state index in [4.69, 9.17) is 9.47 Å². The average molecular weight is 665 g/mol. The molecular weight excluding hydrogens is 613 g/mol. The van der Waals surface area contributed by atoms with E-state index >= 15 is 0 Å². The van der Waals surface area contributed by atoms with Crippen LogP contribution in [-0.4, -0.2) is 24.2 Å². The van der Waals surface area contributed by atoms with Crippen LogP contribution < -0.4 is 4.74 Å². The fraction of sp³-hybridized carbons (Fsp3) is 0.463. The number of benzene rings is 3. The number of halogens is 3. The summed E-state index contributed by atoms with van der Waals surface area (Å²) in [5, 5.41) is 0. The topological polar surface area (TPSA) is 52.6 Å². The van der Waals surface area contributed by atoms with Crippen molar-refractivity contribution in [1.82, 2.24) is 0 Å². The highest BCUT2D eigenvalue weighted by molar-refractivity contribution is 5.91. The number of hydrogen-bond donors (Lipinski definition) is 0. The third kappa shape index (κ3) is 14.5. The van der Waals surface area contributed by atoms with E-state index in [0.717, 1.165) is 36.5 Å². The Morgan fingerprint density at radius 2 is 1.19 bits per heavy atom. The molecule has 0 N–H and O–H groups in total. The Morgan fingerprint density at radius 1 is 0.667 bits per heavy atom. The number of rotatable bonds is 21. The van der Waals surface area contributed by atoms with E-state index in [2.05, 4.69) is 31.2 Å². The van der Waals surface area contributed by atoms with E-state index in [0.29, 0.717) is 29.7 Å². The number of carbonyl (C=O) groups is 2.